The number of likely N-dealkylation sites (tertiary alicyclic amines) is 1. The monoisotopic (exact) mass is 226 g/mol. The fourth-order valence-corrected chi connectivity index (χ4v) is 2.86. The molecule has 3 unspecified atom stereocenters. The fourth-order valence-electron chi connectivity index (χ4n) is 2.86. The first-order valence-electron chi connectivity index (χ1n) is 7.15. The van der Waals surface area contributed by atoms with Crippen molar-refractivity contribution >= 4 is 0 Å². The van der Waals surface area contributed by atoms with Gasteiger partial charge in [0.05, 0.1) is 0 Å². The minimum absolute atomic E-state index is 0.752. The van der Waals surface area contributed by atoms with E-state index in [0.717, 1.165) is 24.5 Å². The summed E-state index contributed by atoms with van der Waals surface area (Å²) in [6.45, 7) is 12.9. The number of nitrogens with one attached hydrogen (secondary N) is 1. The van der Waals surface area contributed by atoms with Crippen LogP contribution in [0.2, 0.25) is 0 Å². The Bertz CT molecular complexity index is 182. The van der Waals surface area contributed by atoms with E-state index >= 15 is 0 Å². The molecule has 2 nitrogen and oxygen atoms in total. The van der Waals surface area contributed by atoms with Gasteiger partial charge in [0.1, 0.15) is 0 Å². The molecule has 1 N–H and O–H groups in total. The van der Waals surface area contributed by atoms with Crippen LogP contribution in [0.5, 0.6) is 0 Å². The number of piperidine rings is 1. The normalized spacial score (nSPS) is 29.2. The Morgan fingerprint density at radius 2 is 2.00 bits per heavy atom. The Labute approximate surface area is 102 Å². The van der Waals surface area contributed by atoms with Gasteiger partial charge in [-0.3, -0.25) is 4.90 Å². The highest BCUT2D eigenvalue weighted by atomic mass is 15.2. The predicted octanol–water partition coefficient (Wildman–Crippen LogP) is 2.89. The van der Waals surface area contributed by atoms with E-state index in [1.165, 1.54) is 38.8 Å². The standard InChI is InChI=1S/C14H30N2/c1-5-7-14(10-15-6-2)16-11-12(3)8-9-13(16)4/h12-15H,5-11H2,1-4H3. The summed E-state index contributed by atoms with van der Waals surface area (Å²) in [5.74, 6) is 0.886. The predicted molar refractivity (Wildman–Crippen MR) is 71.8 cm³/mol. The second-order valence-electron chi connectivity index (χ2n) is 5.48. The summed E-state index contributed by atoms with van der Waals surface area (Å²) in [7, 11) is 0. The highest BCUT2D eigenvalue weighted by Crippen LogP contribution is 2.24. The SMILES string of the molecule is CCCC(CNCC)N1CC(C)CCC1C. The van der Waals surface area contributed by atoms with Crippen molar-refractivity contribution in [1.82, 2.24) is 10.2 Å². The fraction of sp³-hybridized carbons (Fsp3) is 1.00. The third kappa shape index (κ3) is 4.06. The van der Waals surface area contributed by atoms with Crippen LogP contribution in [0.15, 0.2) is 0 Å². The lowest BCUT2D eigenvalue weighted by Gasteiger charge is -2.42. The zero-order valence-corrected chi connectivity index (χ0v) is 11.6. The Morgan fingerprint density at radius 1 is 1.25 bits per heavy atom. The maximum atomic E-state index is 3.52. The average Bonchev–Trinajstić information content (AvgIpc) is 2.28. The highest BCUT2D eigenvalue weighted by molar-refractivity contribution is 4.83. The molecule has 1 rings (SSSR count). The van der Waals surface area contributed by atoms with Crippen LogP contribution in [0.25, 0.3) is 0 Å². The van der Waals surface area contributed by atoms with E-state index in [2.05, 4.69) is 37.9 Å². The molecule has 1 heterocycles. The molecule has 16 heavy (non-hydrogen) atoms. The van der Waals surface area contributed by atoms with Crippen molar-refractivity contribution in [3.05, 3.63) is 0 Å². The molecule has 3 atom stereocenters. The number of rotatable bonds is 6. The largest absolute Gasteiger partial charge is 0.315 e. The summed E-state index contributed by atoms with van der Waals surface area (Å²) in [6.07, 6.45) is 5.43. The molecule has 2 heteroatoms. The highest BCUT2D eigenvalue weighted by Gasteiger charge is 2.28. The zero-order valence-electron chi connectivity index (χ0n) is 11.6. The second kappa shape index (κ2) is 7.29. The third-order valence-corrected chi connectivity index (χ3v) is 3.89. The van der Waals surface area contributed by atoms with Gasteiger partial charge in [-0.1, -0.05) is 27.2 Å². The summed E-state index contributed by atoms with van der Waals surface area (Å²) < 4.78 is 0. The van der Waals surface area contributed by atoms with Gasteiger partial charge in [0, 0.05) is 25.2 Å². The van der Waals surface area contributed by atoms with Crippen molar-refractivity contribution in [2.75, 3.05) is 19.6 Å². The van der Waals surface area contributed by atoms with Crippen molar-refractivity contribution in [1.29, 1.82) is 0 Å². The van der Waals surface area contributed by atoms with E-state index in [1.54, 1.807) is 0 Å². The van der Waals surface area contributed by atoms with Gasteiger partial charge in [-0.15, -0.1) is 0 Å². The van der Waals surface area contributed by atoms with Crippen molar-refractivity contribution in [2.45, 2.75) is 65.5 Å². The quantitative estimate of drug-likeness (QED) is 0.749. The minimum Gasteiger partial charge on any atom is -0.315 e. The molecule has 0 aromatic heterocycles. The molecule has 1 saturated heterocycles. The first kappa shape index (κ1) is 14.0. The Hall–Kier alpha value is -0.0800. The van der Waals surface area contributed by atoms with Gasteiger partial charge >= 0.3 is 0 Å². The Balaban J connectivity index is 2.52. The lowest BCUT2D eigenvalue weighted by Crippen LogP contribution is -2.51. The van der Waals surface area contributed by atoms with Gasteiger partial charge in [-0.2, -0.15) is 0 Å². The molecule has 0 amide bonds. The lowest BCUT2D eigenvalue weighted by molar-refractivity contribution is 0.0717. The minimum atomic E-state index is 0.752. The molecule has 0 radical (unpaired) electrons. The van der Waals surface area contributed by atoms with Crippen LogP contribution in [-0.2, 0) is 0 Å². The van der Waals surface area contributed by atoms with E-state index in [9.17, 15) is 0 Å². The van der Waals surface area contributed by atoms with Crippen LogP contribution in [-0.4, -0.2) is 36.6 Å². The van der Waals surface area contributed by atoms with Crippen molar-refractivity contribution in [3.8, 4) is 0 Å². The first-order valence-corrected chi connectivity index (χ1v) is 7.15. The lowest BCUT2D eigenvalue weighted by atomic mass is 9.92. The molecular formula is C14H30N2. The van der Waals surface area contributed by atoms with E-state index in [-0.39, 0.29) is 0 Å². The molecule has 1 aliphatic rings. The molecule has 1 aliphatic heterocycles. The van der Waals surface area contributed by atoms with Gasteiger partial charge in [0.15, 0.2) is 0 Å². The van der Waals surface area contributed by atoms with Crippen molar-refractivity contribution in [2.24, 2.45) is 5.92 Å². The Morgan fingerprint density at radius 3 is 2.62 bits per heavy atom. The Kier molecular flexibility index (Phi) is 6.37. The zero-order chi connectivity index (χ0) is 12.0. The number of nitrogens with zero attached hydrogens (tertiary/aromatic N) is 1. The van der Waals surface area contributed by atoms with Crippen LogP contribution in [0.3, 0.4) is 0 Å². The molecule has 0 bridgehead atoms. The first-order chi connectivity index (χ1) is 7.69. The van der Waals surface area contributed by atoms with Gasteiger partial charge in [-0.25, -0.2) is 0 Å². The molecule has 96 valence electrons. The maximum absolute atomic E-state index is 3.52. The average molecular weight is 226 g/mol. The number of hydrogen-bond acceptors (Lipinski definition) is 2. The van der Waals surface area contributed by atoms with Crippen LogP contribution in [0, 0.1) is 5.92 Å². The van der Waals surface area contributed by atoms with Crippen molar-refractivity contribution in [3.63, 3.8) is 0 Å². The molecule has 0 aliphatic carbocycles. The van der Waals surface area contributed by atoms with Crippen molar-refractivity contribution < 1.29 is 0 Å². The van der Waals surface area contributed by atoms with Crippen LogP contribution >= 0.6 is 0 Å². The van der Waals surface area contributed by atoms with E-state index in [0.29, 0.717) is 0 Å². The van der Waals surface area contributed by atoms with Gasteiger partial charge in [-0.05, 0) is 38.6 Å². The van der Waals surface area contributed by atoms with Gasteiger partial charge in [0.2, 0.25) is 0 Å². The molecule has 0 aromatic carbocycles. The molecule has 1 fully saturated rings. The number of likely N-dealkylation sites (N-methyl/N-ethyl adjacent to an activating group) is 1. The van der Waals surface area contributed by atoms with Crippen LogP contribution in [0.4, 0.5) is 0 Å². The van der Waals surface area contributed by atoms with Crippen LogP contribution in [0.1, 0.15) is 53.4 Å². The topological polar surface area (TPSA) is 15.3 Å². The summed E-state index contributed by atoms with van der Waals surface area (Å²) in [5, 5.41) is 3.52. The maximum Gasteiger partial charge on any atom is 0.0223 e. The van der Waals surface area contributed by atoms with Gasteiger partial charge < -0.3 is 5.32 Å². The summed E-state index contributed by atoms with van der Waals surface area (Å²) in [6, 6.07) is 1.54. The smallest absolute Gasteiger partial charge is 0.0223 e. The van der Waals surface area contributed by atoms with E-state index < -0.39 is 0 Å². The van der Waals surface area contributed by atoms with Gasteiger partial charge in [0.25, 0.3) is 0 Å². The molecule has 0 spiro atoms. The summed E-state index contributed by atoms with van der Waals surface area (Å²) >= 11 is 0. The molecular weight excluding hydrogens is 196 g/mol. The molecule has 0 saturated carbocycles. The second-order valence-corrected chi connectivity index (χ2v) is 5.48. The van der Waals surface area contributed by atoms with E-state index in [4.69, 9.17) is 0 Å². The van der Waals surface area contributed by atoms with Crippen LogP contribution < -0.4 is 5.32 Å². The molecule has 0 aromatic rings. The third-order valence-electron chi connectivity index (χ3n) is 3.89. The summed E-state index contributed by atoms with van der Waals surface area (Å²) in [5.41, 5.74) is 0. The summed E-state index contributed by atoms with van der Waals surface area (Å²) in [4.78, 5) is 2.75. The van der Waals surface area contributed by atoms with E-state index in [1.807, 2.05) is 0 Å². The number of hydrogen-bond donors (Lipinski definition) is 1.